The van der Waals surface area contributed by atoms with Crippen LogP contribution in [0.1, 0.15) is 52.3 Å². The van der Waals surface area contributed by atoms with Gasteiger partial charge in [-0.3, -0.25) is 4.79 Å². The minimum Gasteiger partial charge on any atom is -0.351 e. The van der Waals surface area contributed by atoms with Gasteiger partial charge in [-0.2, -0.15) is 5.10 Å². The highest BCUT2D eigenvalue weighted by atomic mass is 16.1. The van der Waals surface area contributed by atoms with Gasteiger partial charge in [-0.25, -0.2) is 9.97 Å². The van der Waals surface area contributed by atoms with Crippen molar-refractivity contribution in [2.75, 3.05) is 29.4 Å². The van der Waals surface area contributed by atoms with Crippen LogP contribution >= 0.6 is 0 Å². The maximum absolute atomic E-state index is 11.7. The molecule has 1 atom stereocenters. The fourth-order valence-electron chi connectivity index (χ4n) is 4.29. The van der Waals surface area contributed by atoms with Crippen molar-refractivity contribution in [3.05, 3.63) is 70.2 Å². The van der Waals surface area contributed by atoms with Crippen LogP contribution in [0.4, 0.5) is 11.8 Å². The molecule has 4 rings (SSSR count). The third-order valence-corrected chi connectivity index (χ3v) is 6.34. The molecule has 7 heteroatoms. The van der Waals surface area contributed by atoms with Crippen molar-refractivity contribution in [3.8, 4) is 0 Å². The van der Waals surface area contributed by atoms with Gasteiger partial charge in [0.2, 0.25) is 5.95 Å². The van der Waals surface area contributed by atoms with Crippen LogP contribution in [-0.2, 0) is 6.42 Å². The van der Waals surface area contributed by atoms with E-state index < -0.39 is 0 Å². The first kappa shape index (κ1) is 21.9. The van der Waals surface area contributed by atoms with Gasteiger partial charge in [0.05, 0.1) is 17.0 Å². The van der Waals surface area contributed by atoms with Crippen LogP contribution in [0.25, 0.3) is 0 Å². The third kappa shape index (κ3) is 4.33. The molecular formula is C25H30N6O. The van der Waals surface area contributed by atoms with Crippen molar-refractivity contribution in [1.82, 2.24) is 20.2 Å². The summed E-state index contributed by atoms with van der Waals surface area (Å²) in [4.78, 5) is 25.3. The average Bonchev–Trinajstić information content (AvgIpc) is 2.77. The van der Waals surface area contributed by atoms with E-state index in [4.69, 9.17) is 0 Å². The van der Waals surface area contributed by atoms with Crippen LogP contribution in [0.5, 0.6) is 0 Å². The number of hydrogen-bond donors (Lipinski definition) is 0. The van der Waals surface area contributed by atoms with Crippen molar-refractivity contribution < 1.29 is 4.79 Å². The summed E-state index contributed by atoms with van der Waals surface area (Å²) in [5, 5.41) is 9.21. The molecule has 7 nitrogen and oxygen atoms in total. The molecule has 0 saturated carbocycles. The second-order valence-corrected chi connectivity index (χ2v) is 8.60. The number of nitrogens with zero attached hydrogens (tertiary/aromatic N) is 6. The molecule has 0 amide bonds. The second kappa shape index (κ2) is 9.02. The minimum absolute atomic E-state index is 0.00736. The Balaban J connectivity index is 1.50. The second-order valence-electron chi connectivity index (χ2n) is 8.60. The zero-order valence-corrected chi connectivity index (χ0v) is 19.5. The molecule has 0 unspecified atom stereocenters. The summed E-state index contributed by atoms with van der Waals surface area (Å²) in [6, 6.07) is 10.6. The topological polar surface area (TPSA) is 75.1 Å². The lowest BCUT2D eigenvalue weighted by molar-refractivity contribution is 0.101. The highest BCUT2D eigenvalue weighted by molar-refractivity contribution is 5.94. The number of Topliss-reactive ketones (excluding diaryl/α,β-unsaturated/α-hetero) is 1. The van der Waals surface area contributed by atoms with E-state index >= 15 is 0 Å². The van der Waals surface area contributed by atoms with Gasteiger partial charge in [0.15, 0.2) is 11.6 Å². The maximum Gasteiger partial charge on any atom is 0.225 e. The molecule has 2 aromatic heterocycles. The van der Waals surface area contributed by atoms with Gasteiger partial charge in [-0.15, -0.1) is 5.10 Å². The van der Waals surface area contributed by atoms with Crippen LogP contribution in [0, 0.1) is 20.8 Å². The standard InChI is InChI=1S/C25H30N6O/c1-16-15-30(11-12-31(16)25-26-14-22(20(5)32)19(4)27-25)24-18(3)17(2)23(28-29-24)13-21-9-7-6-8-10-21/h6-10,14,16H,11-13,15H2,1-5H3/t16-/m1/s1. The van der Waals surface area contributed by atoms with Crippen molar-refractivity contribution in [3.63, 3.8) is 0 Å². The van der Waals surface area contributed by atoms with Gasteiger partial charge >= 0.3 is 0 Å². The zero-order valence-electron chi connectivity index (χ0n) is 19.5. The van der Waals surface area contributed by atoms with Gasteiger partial charge in [0.25, 0.3) is 0 Å². The van der Waals surface area contributed by atoms with E-state index in [1.807, 2.05) is 13.0 Å². The molecule has 3 heterocycles. The van der Waals surface area contributed by atoms with Gasteiger partial charge < -0.3 is 9.80 Å². The molecule has 0 bridgehead atoms. The van der Waals surface area contributed by atoms with Gasteiger partial charge in [0.1, 0.15) is 0 Å². The molecule has 32 heavy (non-hydrogen) atoms. The Kier molecular flexibility index (Phi) is 6.17. The average molecular weight is 431 g/mol. The normalized spacial score (nSPS) is 16.3. The summed E-state index contributed by atoms with van der Waals surface area (Å²) >= 11 is 0. The number of aryl methyl sites for hydroxylation is 1. The molecule has 0 N–H and O–H groups in total. The Bertz CT molecular complexity index is 1130. The zero-order chi connectivity index (χ0) is 22.8. The first-order valence-electron chi connectivity index (χ1n) is 11.1. The first-order valence-corrected chi connectivity index (χ1v) is 11.1. The Morgan fingerprint density at radius 3 is 2.47 bits per heavy atom. The number of piperazine rings is 1. The number of ketones is 1. The number of carbonyl (C=O) groups is 1. The lowest BCUT2D eigenvalue weighted by atomic mass is 10.0. The number of aromatic nitrogens is 4. The van der Waals surface area contributed by atoms with E-state index in [-0.39, 0.29) is 11.8 Å². The highest BCUT2D eigenvalue weighted by Gasteiger charge is 2.28. The van der Waals surface area contributed by atoms with E-state index in [2.05, 4.69) is 75.0 Å². The molecule has 0 radical (unpaired) electrons. The predicted octanol–water partition coefficient (Wildman–Crippen LogP) is 3.70. The van der Waals surface area contributed by atoms with Crippen LogP contribution in [0.2, 0.25) is 0 Å². The number of hydrogen-bond acceptors (Lipinski definition) is 7. The number of anilines is 2. The Morgan fingerprint density at radius 1 is 1.06 bits per heavy atom. The number of benzene rings is 1. The van der Waals surface area contributed by atoms with E-state index in [0.29, 0.717) is 11.5 Å². The Labute approximate surface area is 189 Å². The third-order valence-electron chi connectivity index (χ3n) is 6.34. The van der Waals surface area contributed by atoms with Crippen LogP contribution in [-0.4, -0.2) is 51.6 Å². The van der Waals surface area contributed by atoms with E-state index in [9.17, 15) is 4.79 Å². The van der Waals surface area contributed by atoms with Crippen LogP contribution < -0.4 is 9.80 Å². The minimum atomic E-state index is -0.00736. The fourth-order valence-corrected chi connectivity index (χ4v) is 4.29. The number of rotatable bonds is 5. The van der Waals surface area contributed by atoms with Gasteiger partial charge in [0, 0.05) is 38.3 Å². The summed E-state index contributed by atoms with van der Waals surface area (Å²) in [5.74, 6) is 1.62. The van der Waals surface area contributed by atoms with Crippen LogP contribution in [0.15, 0.2) is 36.5 Å². The summed E-state index contributed by atoms with van der Waals surface area (Å²) in [7, 11) is 0. The maximum atomic E-state index is 11.7. The van der Waals surface area contributed by atoms with E-state index in [0.717, 1.165) is 43.3 Å². The molecule has 166 valence electrons. The summed E-state index contributed by atoms with van der Waals surface area (Å²) < 4.78 is 0. The number of carbonyl (C=O) groups excluding carboxylic acids is 1. The quantitative estimate of drug-likeness (QED) is 0.571. The molecule has 3 aromatic rings. The summed E-state index contributed by atoms with van der Waals surface area (Å²) in [5.41, 5.74) is 5.96. The fraction of sp³-hybridized carbons (Fsp3) is 0.400. The highest BCUT2D eigenvalue weighted by Crippen LogP contribution is 2.26. The molecule has 0 spiro atoms. The van der Waals surface area contributed by atoms with Crippen molar-refractivity contribution in [2.45, 2.75) is 47.1 Å². The lowest BCUT2D eigenvalue weighted by Gasteiger charge is -2.40. The van der Waals surface area contributed by atoms with Crippen LogP contribution in [0.3, 0.4) is 0 Å². The van der Waals surface area contributed by atoms with Crippen molar-refractivity contribution in [2.24, 2.45) is 0 Å². The molecule has 0 aliphatic carbocycles. The van der Waals surface area contributed by atoms with Crippen molar-refractivity contribution >= 4 is 17.5 Å². The molecule has 1 aliphatic heterocycles. The van der Waals surface area contributed by atoms with Gasteiger partial charge in [-0.05, 0) is 51.3 Å². The smallest absolute Gasteiger partial charge is 0.225 e. The first-order chi connectivity index (χ1) is 15.3. The molecule has 1 fully saturated rings. The van der Waals surface area contributed by atoms with E-state index in [1.54, 1.807) is 13.1 Å². The molecule has 1 aliphatic rings. The molecule has 1 saturated heterocycles. The SMILES string of the molecule is CC(=O)c1cnc(N2CCN(c3nnc(Cc4ccccc4)c(C)c3C)C[C@H]2C)nc1C. The lowest BCUT2D eigenvalue weighted by Crippen LogP contribution is -2.53. The van der Waals surface area contributed by atoms with E-state index in [1.165, 1.54) is 16.7 Å². The molecular weight excluding hydrogens is 400 g/mol. The molecule has 1 aromatic carbocycles. The van der Waals surface area contributed by atoms with Gasteiger partial charge in [-0.1, -0.05) is 30.3 Å². The van der Waals surface area contributed by atoms with Crippen molar-refractivity contribution in [1.29, 1.82) is 0 Å². The Morgan fingerprint density at radius 2 is 1.81 bits per heavy atom. The Hall–Kier alpha value is -3.35. The largest absolute Gasteiger partial charge is 0.351 e. The predicted molar refractivity (Wildman–Crippen MR) is 127 cm³/mol. The summed E-state index contributed by atoms with van der Waals surface area (Å²) in [6.45, 7) is 12.3. The summed E-state index contributed by atoms with van der Waals surface area (Å²) in [6.07, 6.45) is 2.43. The monoisotopic (exact) mass is 430 g/mol.